The van der Waals surface area contributed by atoms with Crippen molar-refractivity contribution in [2.24, 2.45) is 5.92 Å². The largest absolute Gasteiger partial charge is 0.476 e. The fourth-order valence-electron chi connectivity index (χ4n) is 2.98. The summed E-state index contributed by atoms with van der Waals surface area (Å²) >= 11 is 5.99. The van der Waals surface area contributed by atoms with Gasteiger partial charge in [-0.2, -0.15) is 0 Å². The molecule has 1 aromatic rings. The van der Waals surface area contributed by atoms with E-state index in [9.17, 15) is 9.18 Å². The van der Waals surface area contributed by atoms with Crippen LogP contribution in [-0.4, -0.2) is 18.6 Å². The van der Waals surface area contributed by atoms with E-state index >= 15 is 0 Å². The predicted octanol–water partition coefficient (Wildman–Crippen LogP) is 4.19. The second kappa shape index (κ2) is 8.21. The standard InChI is InChI=1S/C18H21ClFNO2/c1-3-9-23-17-15(19)10-14(11-16(17)20)18(22)21-12(2)13-7-5-4-6-8-13/h1,10-13H,4-9H2,2H3,(H,21,22)/t12-/m0/s1. The van der Waals surface area contributed by atoms with Crippen molar-refractivity contribution in [3.8, 4) is 18.1 Å². The van der Waals surface area contributed by atoms with Crippen molar-refractivity contribution in [3.05, 3.63) is 28.5 Å². The Bertz CT molecular complexity index is 583. The van der Waals surface area contributed by atoms with Crippen molar-refractivity contribution in [1.82, 2.24) is 5.32 Å². The van der Waals surface area contributed by atoms with Crippen molar-refractivity contribution < 1.29 is 13.9 Å². The Hall–Kier alpha value is -1.73. The zero-order chi connectivity index (χ0) is 16.8. The molecule has 1 atom stereocenters. The van der Waals surface area contributed by atoms with Gasteiger partial charge >= 0.3 is 0 Å². The van der Waals surface area contributed by atoms with Gasteiger partial charge in [0.1, 0.15) is 6.61 Å². The van der Waals surface area contributed by atoms with Crippen LogP contribution in [0.25, 0.3) is 0 Å². The summed E-state index contributed by atoms with van der Waals surface area (Å²) in [4.78, 5) is 12.3. The summed E-state index contributed by atoms with van der Waals surface area (Å²) in [5.41, 5.74) is 0.184. The Morgan fingerprint density at radius 2 is 2.17 bits per heavy atom. The minimum atomic E-state index is -0.691. The van der Waals surface area contributed by atoms with Crippen LogP contribution in [0.4, 0.5) is 4.39 Å². The first kappa shape index (κ1) is 17.6. The van der Waals surface area contributed by atoms with Crippen LogP contribution in [0.3, 0.4) is 0 Å². The normalized spacial score (nSPS) is 16.4. The molecule has 0 aliphatic heterocycles. The number of carbonyl (C=O) groups excluding carboxylic acids is 1. The van der Waals surface area contributed by atoms with E-state index in [4.69, 9.17) is 22.8 Å². The molecule has 1 aliphatic rings. The molecule has 0 aromatic heterocycles. The highest BCUT2D eigenvalue weighted by Gasteiger charge is 2.23. The Morgan fingerprint density at radius 1 is 1.48 bits per heavy atom. The first-order valence-electron chi connectivity index (χ1n) is 7.89. The van der Waals surface area contributed by atoms with E-state index in [0.29, 0.717) is 5.92 Å². The lowest BCUT2D eigenvalue weighted by Gasteiger charge is -2.28. The Morgan fingerprint density at radius 3 is 2.78 bits per heavy atom. The van der Waals surface area contributed by atoms with Crippen molar-refractivity contribution in [2.75, 3.05) is 6.61 Å². The van der Waals surface area contributed by atoms with E-state index in [-0.39, 0.29) is 34.9 Å². The van der Waals surface area contributed by atoms with Crippen LogP contribution in [0.15, 0.2) is 12.1 Å². The summed E-state index contributed by atoms with van der Waals surface area (Å²) in [6.07, 6.45) is 11.0. The lowest BCUT2D eigenvalue weighted by Crippen LogP contribution is -2.38. The van der Waals surface area contributed by atoms with Gasteiger partial charge in [0.15, 0.2) is 11.6 Å². The molecule has 1 fully saturated rings. The second-order valence-electron chi connectivity index (χ2n) is 5.92. The maximum absolute atomic E-state index is 14.0. The molecule has 2 rings (SSSR count). The average molecular weight is 338 g/mol. The van der Waals surface area contributed by atoms with Gasteiger partial charge in [-0.25, -0.2) is 4.39 Å². The Kier molecular flexibility index (Phi) is 6.29. The molecule has 0 spiro atoms. The van der Waals surface area contributed by atoms with Gasteiger partial charge in [0.05, 0.1) is 5.02 Å². The first-order valence-corrected chi connectivity index (χ1v) is 8.27. The van der Waals surface area contributed by atoms with E-state index < -0.39 is 5.82 Å². The number of nitrogens with one attached hydrogen (secondary N) is 1. The van der Waals surface area contributed by atoms with E-state index in [2.05, 4.69) is 11.2 Å². The summed E-state index contributed by atoms with van der Waals surface area (Å²) in [5.74, 6) is 1.58. The Labute approximate surface area is 141 Å². The van der Waals surface area contributed by atoms with Crippen LogP contribution >= 0.6 is 11.6 Å². The van der Waals surface area contributed by atoms with Gasteiger partial charge in [-0.05, 0) is 37.8 Å². The van der Waals surface area contributed by atoms with Gasteiger partial charge in [0, 0.05) is 11.6 Å². The fraction of sp³-hybridized carbons (Fsp3) is 0.500. The third-order valence-electron chi connectivity index (χ3n) is 4.28. The SMILES string of the molecule is C#CCOc1c(F)cc(C(=O)N[C@@H](C)C2CCCCC2)cc1Cl. The fourth-order valence-corrected chi connectivity index (χ4v) is 3.25. The first-order chi connectivity index (χ1) is 11.0. The summed E-state index contributed by atoms with van der Waals surface area (Å²) in [6, 6.07) is 2.59. The minimum absolute atomic E-state index is 0.0377. The van der Waals surface area contributed by atoms with Gasteiger partial charge in [-0.1, -0.05) is 36.8 Å². The molecular weight excluding hydrogens is 317 g/mol. The van der Waals surface area contributed by atoms with Gasteiger partial charge in [-0.3, -0.25) is 4.79 Å². The maximum Gasteiger partial charge on any atom is 0.251 e. The van der Waals surface area contributed by atoms with Crippen molar-refractivity contribution in [3.63, 3.8) is 0 Å². The van der Waals surface area contributed by atoms with Crippen molar-refractivity contribution in [2.45, 2.75) is 45.1 Å². The molecule has 1 aliphatic carbocycles. The molecule has 3 nitrogen and oxygen atoms in total. The molecule has 5 heteroatoms. The number of amides is 1. The summed E-state index contributed by atoms with van der Waals surface area (Å²) < 4.78 is 19.1. The maximum atomic E-state index is 14.0. The van der Waals surface area contributed by atoms with Crippen LogP contribution in [0.5, 0.6) is 5.75 Å². The van der Waals surface area contributed by atoms with Crippen LogP contribution in [0.1, 0.15) is 49.4 Å². The highest BCUT2D eigenvalue weighted by Crippen LogP contribution is 2.30. The third-order valence-corrected chi connectivity index (χ3v) is 4.56. The summed E-state index contributed by atoms with van der Waals surface area (Å²) in [5, 5.41) is 2.98. The molecule has 23 heavy (non-hydrogen) atoms. The number of ether oxygens (including phenoxy) is 1. The number of hydrogen-bond donors (Lipinski definition) is 1. The summed E-state index contributed by atoms with van der Waals surface area (Å²) in [7, 11) is 0. The minimum Gasteiger partial charge on any atom is -0.476 e. The number of benzene rings is 1. The zero-order valence-electron chi connectivity index (χ0n) is 13.2. The van der Waals surface area contributed by atoms with Gasteiger partial charge in [-0.15, -0.1) is 6.42 Å². The zero-order valence-corrected chi connectivity index (χ0v) is 14.0. The van der Waals surface area contributed by atoms with Crippen LogP contribution in [0.2, 0.25) is 5.02 Å². The second-order valence-corrected chi connectivity index (χ2v) is 6.33. The average Bonchev–Trinajstić information content (AvgIpc) is 2.54. The number of hydrogen-bond acceptors (Lipinski definition) is 2. The third kappa shape index (κ3) is 4.62. The van der Waals surface area contributed by atoms with Gasteiger partial charge in [0.2, 0.25) is 0 Å². The highest BCUT2D eigenvalue weighted by atomic mass is 35.5. The summed E-state index contributed by atoms with van der Waals surface area (Å²) in [6.45, 7) is 1.91. The molecule has 0 radical (unpaired) electrons. The molecular formula is C18H21ClFNO2. The Balaban J connectivity index is 2.05. The van der Waals surface area contributed by atoms with E-state index in [1.165, 1.54) is 25.3 Å². The van der Waals surface area contributed by atoms with Crippen molar-refractivity contribution in [1.29, 1.82) is 0 Å². The monoisotopic (exact) mass is 337 g/mol. The molecule has 1 aromatic carbocycles. The number of rotatable bonds is 5. The predicted molar refractivity (Wildman–Crippen MR) is 89.2 cm³/mol. The lowest BCUT2D eigenvalue weighted by atomic mass is 9.84. The topological polar surface area (TPSA) is 38.3 Å². The van der Waals surface area contributed by atoms with Gasteiger partial charge < -0.3 is 10.1 Å². The molecule has 0 heterocycles. The van der Waals surface area contributed by atoms with Crippen LogP contribution in [-0.2, 0) is 0 Å². The molecule has 0 unspecified atom stereocenters. The smallest absolute Gasteiger partial charge is 0.251 e. The number of carbonyl (C=O) groups is 1. The highest BCUT2D eigenvalue weighted by molar-refractivity contribution is 6.32. The van der Waals surface area contributed by atoms with Crippen LogP contribution < -0.4 is 10.1 Å². The molecule has 0 bridgehead atoms. The van der Waals surface area contributed by atoms with Gasteiger partial charge in [0.25, 0.3) is 5.91 Å². The molecule has 1 amide bonds. The van der Waals surface area contributed by atoms with Crippen LogP contribution in [0, 0.1) is 24.1 Å². The van der Waals surface area contributed by atoms with E-state index in [1.807, 2.05) is 6.92 Å². The number of halogens is 2. The van der Waals surface area contributed by atoms with E-state index in [0.717, 1.165) is 18.9 Å². The van der Waals surface area contributed by atoms with E-state index in [1.54, 1.807) is 0 Å². The molecule has 0 saturated heterocycles. The van der Waals surface area contributed by atoms with Crippen molar-refractivity contribution >= 4 is 17.5 Å². The molecule has 124 valence electrons. The number of terminal acetylenes is 1. The molecule has 1 N–H and O–H groups in total. The quantitative estimate of drug-likeness (QED) is 0.818. The molecule has 1 saturated carbocycles. The lowest BCUT2D eigenvalue weighted by molar-refractivity contribution is 0.0918.